The lowest BCUT2D eigenvalue weighted by Gasteiger charge is -2.39. The highest BCUT2D eigenvalue weighted by molar-refractivity contribution is 5.88. The lowest BCUT2D eigenvalue weighted by Crippen LogP contribution is -2.57. The predicted molar refractivity (Wildman–Crippen MR) is 109 cm³/mol. The third kappa shape index (κ3) is 4.83. The second-order valence-corrected chi connectivity index (χ2v) is 7.13. The number of likely N-dealkylation sites (N-methyl/N-ethyl adjacent to an activating group) is 1. The Morgan fingerprint density at radius 1 is 1.36 bits per heavy atom. The Hall–Kier alpha value is -3.00. The van der Waals surface area contributed by atoms with Crippen molar-refractivity contribution in [2.24, 2.45) is 0 Å². The van der Waals surface area contributed by atoms with Crippen LogP contribution in [0.25, 0.3) is 11.3 Å². The summed E-state index contributed by atoms with van der Waals surface area (Å²) in [5.74, 6) is -0.00404. The summed E-state index contributed by atoms with van der Waals surface area (Å²) in [5.41, 5.74) is 2.82. The molecule has 2 aromatic rings. The SMILES string of the molecule is CCc1cc(-c2c[nH]c(=O)c(NC3CN(C(=O)/C=C/CN(C)C)C3)c2)ncn1. The maximum Gasteiger partial charge on any atom is 0.271 e. The molecule has 1 aliphatic rings. The van der Waals surface area contributed by atoms with Crippen molar-refractivity contribution in [1.29, 1.82) is 0 Å². The third-order valence-electron chi connectivity index (χ3n) is 4.57. The molecular weight excluding hydrogens is 356 g/mol. The monoisotopic (exact) mass is 382 g/mol. The van der Waals surface area contributed by atoms with E-state index in [1.54, 1.807) is 23.2 Å². The minimum absolute atomic E-state index is 0.00404. The van der Waals surface area contributed by atoms with E-state index in [-0.39, 0.29) is 17.5 Å². The van der Waals surface area contributed by atoms with E-state index in [1.807, 2.05) is 38.1 Å². The van der Waals surface area contributed by atoms with Crippen molar-refractivity contribution in [1.82, 2.24) is 24.8 Å². The van der Waals surface area contributed by atoms with Crippen molar-refractivity contribution in [3.05, 3.63) is 52.9 Å². The zero-order valence-corrected chi connectivity index (χ0v) is 16.5. The molecule has 0 aliphatic carbocycles. The number of nitrogens with zero attached hydrogens (tertiary/aromatic N) is 4. The number of H-pyrrole nitrogens is 1. The van der Waals surface area contributed by atoms with Crippen molar-refractivity contribution in [3.63, 3.8) is 0 Å². The molecule has 1 aliphatic heterocycles. The van der Waals surface area contributed by atoms with E-state index in [4.69, 9.17) is 0 Å². The highest BCUT2D eigenvalue weighted by Gasteiger charge is 2.29. The Bertz CT molecular complexity index is 915. The van der Waals surface area contributed by atoms with Crippen LogP contribution in [0.1, 0.15) is 12.6 Å². The van der Waals surface area contributed by atoms with Crippen molar-refractivity contribution >= 4 is 11.6 Å². The first-order valence-corrected chi connectivity index (χ1v) is 9.37. The molecule has 0 saturated carbocycles. The highest BCUT2D eigenvalue weighted by atomic mass is 16.2. The van der Waals surface area contributed by atoms with Crippen LogP contribution in [0.15, 0.2) is 41.6 Å². The number of carbonyl (C=O) groups is 1. The molecule has 148 valence electrons. The fourth-order valence-electron chi connectivity index (χ4n) is 2.93. The number of hydrogen-bond donors (Lipinski definition) is 2. The van der Waals surface area contributed by atoms with Gasteiger partial charge in [0.1, 0.15) is 12.0 Å². The van der Waals surface area contributed by atoms with Gasteiger partial charge in [-0.1, -0.05) is 13.0 Å². The number of anilines is 1. The van der Waals surface area contributed by atoms with E-state index in [0.717, 1.165) is 29.9 Å². The standard InChI is InChI=1S/C20H26N6O2/c1-4-15-9-17(23-13-22-15)14-8-18(20(28)21-10-14)24-16-11-26(12-16)19(27)6-5-7-25(2)3/h5-6,8-10,13,16,24H,4,7,11-12H2,1-3H3,(H,21,28)/b6-5+. The van der Waals surface area contributed by atoms with E-state index in [9.17, 15) is 9.59 Å². The van der Waals surface area contributed by atoms with Crippen LogP contribution in [0.5, 0.6) is 0 Å². The van der Waals surface area contributed by atoms with E-state index in [0.29, 0.717) is 18.8 Å². The van der Waals surface area contributed by atoms with Crippen LogP contribution in [0.4, 0.5) is 5.69 Å². The molecule has 8 nitrogen and oxygen atoms in total. The van der Waals surface area contributed by atoms with Crippen molar-refractivity contribution in [2.45, 2.75) is 19.4 Å². The van der Waals surface area contributed by atoms with Crippen molar-refractivity contribution in [2.75, 3.05) is 39.0 Å². The normalized spacial score (nSPS) is 14.5. The van der Waals surface area contributed by atoms with Crippen LogP contribution in [0.3, 0.4) is 0 Å². The van der Waals surface area contributed by atoms with Gasteiger partial charge in [0.2, 0.25) is 5.91 Å². The molecule has 2 N–H and O–H groups in total. The molecule has 0 aromatic carbocycles. The Balaban J connectivity index is 1.62. The lowest BCUT2D eigenvalue weighted by molar-refractivity contribution is -0.129. The second kappa shape index (κ2) is 8.79. The van der Waals surface area contributed by atoms with E-state index in [1.165, 1.54) is 6.33 Å². The average molecular weight is 382 g/mol. The summed E-state index contributed by atoms with van der Waals surface area (Å²) < 4.78 is 0. The third-order valence-corrected chi connectivity index (χ3v) is 4.57. The summed E-state index contributed by atoms with van der Waals surface area (Å²) in [4.78, 5) is 39.3. The maximum atomic E-state index is 12.2. The van der Waals surface area contributed by atoms with Gasteiger partial charge in [0.05, 0.1) is 11.7 Å². The maximum absolute atomic E-state index is 12.2. The minimum atomic E-state index is -0.191. The van der Waals surface area contributed by atoms with Gasteiger partial charge >= 0.3 is 0 Å². The molecule has 1 saturated heterocycles. The Kier molecular flexibility index (Phi) is 6.20. The molecule has 0 bridgehead atoms. The van der Waals surface area contributed by atoms with Gasteiger partial charge in [0, 0.05) is 43.2 Å². The number of likely N-dealkylation sites (tertiary alicyclic amines) is 1. The number of nitrogens with one attached hydrogen (secondary N) is 2. The molecule has 1 fully saturated rings. The molecule has 2 aromatic heterocycles. The fraction of sp³-hybridized carbons (Fsp3) is 0.400. The molecule has 0 atom stereocenters. The number of pyridine rings is 1. The lowest BCUT2D eigenvalue weighted by atomic mass is 10.1. The van der Waals surface area contributed by atoms with Gasteiger partial charge in [-0.25, -0.2) is 9.97 Å². The van der Waals surface area contributed by atoms with E-state index in [2.05, 4.69) is 20.3 Å². The minimum Gasteiger partial charge on any atom is -0.374 e. The molecule has 3 rings (SSSR count). The molecular formula is C20H26N6O2. The van der Waals surface area contributed by atoms with Crippen LogP contribution < -0.4 is 10.9 Å². The molecule has 1 amide bonds. The molecule has 0 unspecified atom stereocenters. The number of amides is 1. The number of aromatic amines is 1. The van der Waals surface area contributed by atoms with Gasteiger partial charge in [-0.05, 0) is 32.6 Å². The number of aromatic nitrogens is 3. The first kappa shape index (κ1) is 19.8. The quantitative estimate of drug-likeness (QED) is 0.698. The van der Waals surface area contributed by atoms with Crippen LogP contribution >= 0.6 is 0 Å². The number of rotatable bonds is 7. The number of carbonyl (C=O) groups excluding carboxylic acids is 1. The van der Waals surface area contributed by atoms with E-state index < -0.39 is 0 Å². The van der Waals surface area contributed by atoms with Gasteiger partial charge in [0.15, 0.2) is 0 Å². The van der Waals surface area contributed by atoms with Gasteiger partial charge in [-0.15, -0.1) is 0 Å². The average Bonchev–Trinajstić information content (AvgIpc) is 2.65. The van der Waals surface area contributed by atoms with Crippen LogP contribution in [-0.2, 0) is 11.2 Å². The summed E-state index contributed by atoms with van der Waals surface area (Å²) in [7, 11) is 3.91. The summed E-state index contributed by atoms with van der Waals surface area (Å²) in [5, 5.41) is 3.23. The Morgan fingerprint density at radius 2 is 2.14 bits per heavy atom. The smallest absolute Gasteiger partial charge is 0.271 e. The van der Waals surface area contributed by atoms with Gasteiger partial charge in [-0.2, -0.15) is 0 Å². The highest BCUT2D eigenvalue weighted by Crippen LogP contribution is 2.20. The first-order valence-electron chi connectivity index (χ1n) is 9.37. The number of hydrogen-bond acceptors (Lipinski definition) is 6. The largest absolute Gasteiger partial charge is 0.374 e. The summed E-state index contributed by atoms with van der Waals surface area (Å²) in [6, 6.07) is 3.77. The first-order chi connectivity index (χ1) is 13.5. The van der Waals surface area contributed by atoms with Crippen molar-refractivity contribution < 1.29 is 4.79 Å². The molecule has 3 heterocycles. The van der Waals surface area contributed by atoms with Gasteiger partial charge in [0.25, 0.3) is 5.56 Å². The fourth-order valence-corrected chi connectivity index (χ4v) is 2.93. The summed E-state index contributed by atoms with van der Waals surface area (Å²) in [6.45, 7) is 3.90. The molecule has 0 spiro atoms. The van der Waals surface area contributed by atoms with Crippen molar-refractivity contribution in [3.8, 4) is 11.3 Å². The number of aryl methyl sites for hydroxylation is 1. The van der Waals surface area contributed by atoms with Crippen LogP contribution in [0.2, 0.25) is 0 Å². The zero-order valence-electron chi connectivity index (χ0n) is 16.5. The van der Waals surface area contributed by atoms with Gasteiger partial charge in [-0.3, -0.25) is 9.59 Å². The molecule has 0 radical (unpaired) electrons. The molecule has 28 heavy (non-hydrogen) atoms. The molecule has 8 heteroatoms. The van der Waals surface area contributed by atoms with Crippen LogP contribution in [0, 0.1) is 0 Å². The summed E-state index contributed by atoms with van der Waals surface area (Å²) in [6.07, 6.45) is 7.46. The topological polar surface area (TPSA) is 94.2 Å². The van der Waals surface area contributed by atoms with Crippen LogP contribution in [-0.4, -0.2) is 70.4 Å². The summed E-state index contributed by atoms with van der Waals surface area (Å²) >= 11 is 0. The Labute approximate surface area is 164 Å². The Morgan fingerprint density at radius 3 is 2.86 bits per heavy atom. The predicted octanol–water partition coefficient (Wildman–Crippen LogP) is 1.13. The second-order valence-electron chi connectivity index (χ2n) is 7.13. The van der Waals surface area contributed by atoms with Gasteiger partial charge < -0.3 is 20.1 Å². The zero-order chi connectivity index (χ0) is 20.1. The van der Waals surface area contributed by atoms with E-state index >= 15 is 0 Å².